The Morgan fingerprint density at radius 3 is 2.30 bits per heavy atom. The molecule has 2 rings (SSSR count). The van der Waals surface area contributed by atoms with Gasteiger partial charge < -0.3 is 11.1 Å². The van der Waals surface area contributed by atoms with Gasteiger partial charge in [-0.05, 0) is 62.9 Å². The summed E-state index contributed by atoms with van der Waals surface area (Å²) < 4.78 is 0. The summed E-state index contributed by atoms with van der Waals surface area (Å²) in [7, 11) is 0. The molecule has 0 saturated carbocycles. The molecule has 1 aromatic carbocycles. The first-order valence-corrected chi connectivity index (χ1v) is 7.01. The standard InChI is InChI=1S/C17H23N3/c1-11-9-12(2)15(13(3)10-11)7-8-19-17-6-5-16(18)14(4)20-17/h5-6,9-10H,7-8,18H2,1-4H3,(H,19,20). The summed E-state index contributed by atoms with van der Waals surface area (Å²) in [6.45, 7) is 9.31. The Bertz CT molecular complexity index is 595. The average Bonchev–Trinajstić information content (AvgIpc) is 2.36. The molecule has 2 aromatic rings. The zero-order chi connectivity index (χ0) is 14.7. The Morgan fingerprint density at radius 2 is 1.70 bits per heavy atom. The maximum Gasteiger partial charge on any atom is 0.126 e. The van der Waals surface area contributed by atoms with Crippen molar-refractivity contribution in [1.82, 2.24) is 4.98 Å². The molecule has 0 saturated heterocycles. The number of pyridine rings is 1. The molecule has 3 N–H and O–H groups in total. The van der Waals surface area contributed by atoms with Gasteiger partial charge >= 0.3 is 0 Å². The molecule has 0 bridgehead atoms. The predicted molar refractivity (Wildman–Crippen MR) is 86.2 cm³/mol. The molecular weight excluding hydrogens is 246 g/mol. The van der Waals surface area contributed by atoms with Crippen molar-refractivity contribution in [3.63, 3.8) is 0 Å². The fourth-order valence-corrected chi connectivity index (χ4v) is 2.59. The summed E-state index contributed by atoms with van der Waals surface area (Å²) in [4.78, 5) is 4.43. The highest BCUT2D eigenvalue weighted by molar-refractivity contribution is 5.49. The highest BCUT2D eigenvalue weighted by Crippen LogP contribution is 2.17. The molecule has 3 nitrogen and oxygen atoms in total. The van der Waals surface area contributed by atoms with Crippen LogP contribution in [0.15, 0.2) is 24.3 Å². The minimum Gasteiger partial charge on any atom is -0.397 e. The molecule has 1 aromatic heterocycles. The van der Waals surface area contributed by atoms with Crippen LogP contribution >= 0.6 is 0 Å². The molecule has 3 heteroatoms. The van der Waals surface area contributed by atoms with Gasteiger partial charge in [0.2, 0.25) is 0 Å². The van der Waals surface area contributed by atoms with Crippen molar-refractivity contribution >= 4 is 11.5 Å². The lowest BCUT2D eigenvalue weighted by Crippen LogP contribution is -2.09. The molecule has 0 aliphatic carbocycles. The minimum atomic E-state index is 0.737. The molecule has 20 heavy (non-hydrogen) atoms. The van der Waals surface area contributed by atoms with Gasteiger partial charge in [0.25, 0.3) is 0 Å². The third kappa shape index (κ3) is 3.29. The van der Waals surface area contributed by atoms with Gasteiger partial charge in [-0.25, -0.2) is 4.98 Å². The van der Waals surface area contributed by atoms with E-state index in [0.717, 1.165) is 30.2 Å². The number of hydrogen-bond donors (Lipinski definition) is 2. The summed E-state index contributed by atoms with van der Waals surface area (Å²) in [5.74, 6) is 0.888. The number of nitrogens with two attached hydrogens (primary N) is 1. The fourth-order valence-electron chi connectivity index (χ4n) is 2.59. The second-order valence-corrected chi connectivity index (χ2v) is 5.43. The molecule has 0 aliphatic heterocycles. The van der Waals surface area contributed by atoms with Crippen LogP contribution in [0.1, 0.15) is 27.9 Å². The number of nitrogens with zero attached hydrogens (tertiary/aromatic N) is 1. The van der Waals surface area contributed by atoms with E-state index in [2.05, 4.69) is 43.2 Å². The van der Waals surface area contributed by atoms with E-state index >= 15 is 0 Å². The molecule has 0 amide bonds. The minimum absolute atomic E-state index is 0.737. The van der Waals surface area contributed by atoms with Gasteiger partial charge in [-0.2, -0.15) is 0 Å². The van der Waals surface area contributed by atoms with Crippen LogP contribution in [0.2, 0.25) is 0 Å². The van der Waals surface area contributed by atoms with Crippen molar-refractivity contribution in [3.8, 4) is 0 Å². The summed E-state index contributed by atoms with van der Waals surface area (Å²) in [6.07, 6.45) is 1.00. The van der Waals surface area contributed by atoms with Crippen molar-refractivity contribution < 1.29 is 0 Å². The van der Waals surface area contributed by atoms with Gasteiger partial charge in [-0.1, -0.05) is 17.7 Å². The second-order valence-electron chi connectivity index (χ2n) is 5.43. The van der Waals surface area contributed by atoms with Crippen molar-refractivity contribution in [3.05, 3.63) is 52.2 Å². The molecule has 1 heterocycles. The smallest absolute Gasteiger partial charge is 0.126 e. The molecule has 0 unspecified atom stereocenters. The van der Waals surface area contributed by atoms with Crippen LogP contribution < -0.4 is 11.1 Å². The molecule has 0 fully saturated rings. The third-order valence-electron chi connectivity index (χ3n) is 3.65. The van der Waals surface area contributed by atoms with Crippen LogP contribution in [0, 0.1) is 27.7 Å². The zero-order valence-electron chi connectivity index (χ0n) is 12.7. The summed E-state index contributed by atoms with van der Waals surface area (Å²) in [5, 5.41) is 3.36. The first-order valence-electron chi connectivity index (χ1n) is 7.01. The van der Waals surface area contributed by atoms with Gasteiger partial charge in [0.1, 0.15) is 5.82 Å². The second kappa shape index (κ2) is 5.95. The normalized spacial score (nSPS) is 10.6. The molecule has 0 spiro atoms. The van der Waals surface area contributed by atoms with Crippen molar-refractivity contribution in [2.45, 2.75) is 34.1 Å². The Kier molecular flexibility index (Phi) is 4.28. The van der Waals surface area contributed by atoms with Gasteiger partial charge in [-0.15, -0.1) is 0 Å². The van der Waals surface area contributed by atoms with Crippen molar-refractivity contribution in [2.75, 3.05) is 17.6 Å². The number of aryl methyl sites for hydroxylation is 4. The number of benzene rings is 1. The summed E-state index contributed by atoms with van der Waals surface area (Å²) >= 11 is 0. The largest absolute Gasteiger partial charge is 0.397 e. The number of nitrogen functional groups attached to an aromatic ring is 1. The first-order chi connectivity index (χ1) is 9.47. The SMILES string of the molecule is Cc1cc(C)c(CCNc2ccc(N)c(C)n2)c(C)c1. The maximum atomic E-state index is 5.77. The van der Waals surface area contributed by atoms with Gasteiger partial charge in [0.15, 0.2) is 0 Å². The molecule has 0 aliphatic rings. The van der Waals surface area contributed by atoms with Crippen LogP contribution in [-0.2, 0) is 6.42 Å². The monoisotopic (exact) mass is 269 g/mol. The maximum absolute atomic E-state index is 5.77. The average molecular weight is 269 g/mol. The van der Waals surface area contributed by atoms with Gasteiger partial charge in [-0.3, -0.25) is 0 Å². The predicted octanol–water partition coefficient (Wildman–Crippen LogP) is 3.55. The van der Waals surface area contributed by atoms with E-state index in [9.17, 15) is 0 Å². The Morgan fingerprint density at radius 1 is 1.05 bits per heavy atom. The Labute approximate surface area is 121 Å². The number of rotatable bonds is 4. The molecular formula is C17H23N3. The van der Waals surface area contributed by atoms with E-state index in [1.54, 1.807) is 0 Å². The third-order valence-corrected chi connectivity index (χ3v) is 3.65. The lowest BCUT2D eigenvalue weighted by molar-refractivity contribution is 0.974. The Balaban J connectivity index is 2.01. The topological polar surface area (TPSA) is 50.9 Å². The molecule has 0 radical (unpaired) electrons. The van der Waals surface area contributed by atoms with E-state index < -0.39 is 0 Å². The van der Waals surface area contributed by atoms with Crippen LogP contribution in [0.5, 0.6) is 0 Å². The van der Waals surface area contributed by atoms with Crippen molar-refractivity contribution in [2.24, 2.45) is 0 Å². The van der Waals surface area contributed by atoms with Crippen LogP contribution in [0.3, 0.4) is 0 Å². The van der Waals surface area contributed by atoms with Crippen molar-refractivity contribution in [1.29, 1.82) is 0 Å². The van der Waals surface area contributed by atoms with E-state index in [-0.39, 0.29) is 0 Å². The van der Waals surface area contributed by atoms with Gasteiger partial charge in [0, 0.05) is 6.54 Å². The van der Waals surface area contributed by atoms with E-state index in [1.165, 1.54) is 22.3 Å². The van der Waals surface area contributed by atoms with E-state index in [0.29, 0.717) is 0 Å². The highest BCUT2D eigenvalue weighted by Gasteiger charge is 2.04. The van der Waals surface area contributed by atoms with Crippen LogP contribution in [0.4, 0.5) is 11.5 Å². The number of nitrogens with one attached hydrogen (secondary N) is 1. The van der Waals surface area contributed by atoms with Crippen LogP contribution in [-0.4, -0.2) is 11.5 Å². The van der Waals surface area contributed by atoms with E-state index in [4.69, 9.17) is 5.73 Å². The summed E-state index contributed by atoms with van der Waals surface area (Å²) in [6, 6.07) is 8.31. The van der Waals surface area contributed by atoms with Crippen LogP contribution in [0.25, 0.3) is 0 Å². The van der Waals surface area contributed by atoms with E-state index in [1.807, 2.05) is 19.1 Å². The highest BCUT2D eigenvalue weighted by atomic mass is 15.0. The number of hydrogen-bond acceptors (Lipinski definition) is 3. The molecule has 106 valence electrons. The molecule has 0 atom stereocenters. The fraction of sp³-hybridized carbons (Fsp3) is 0.353. The van der Waals surface area contributed by atoms with Gasteiger partial charge in [0.05, 0.1) is 11.4 Å². The first kappa shape index (κ1) is 14.4. The lowest BCUT2D eigenvalue weighted by atomic mass is 9.97. The number of aromatic nitrogens is 1. The lowest BCUT2D eigenvalue weighted by Gasteiger charge is -2.12. The quantitative estimate of drug-likeness (QED) is 0.892. The Hall–Kier alpha value is -2.03. The number of anilines is 2. The summed E-state index contributed by atoms with van der Waals surface area (Å²) in [5.41, 5.74) is 12.9. The zero-order valence-corrected chi connectivity index (χ0v) is 12.7.